The molecule has 1 aromatic rings. The lowest BCUT2D eigenvalue weighted by molar-refractivity contribution is 0.0755. The molecule has 1 rings (SSSR count). The number of carbonyl (C=O) groups excluding carboxylic acids is 1. The van der Waals surface area contributed by atoms with E-state index < -0.39 is 0 Å². The average Bonchev–Trinajstić information content (AvgIpc) is 2.36. The standard InChI is InChI=1S/C15H23NOS/c1-5-7-16(8-6-2)15(17)13-9-12(3)10-14(11-13)18-4/h9-11H,5-8H2,1-4H3. The van der Waals surface area contributed by atoms with Crippen LogP contribution in [0.15, 0.2) is 23.1 Å². The molecule has 0 aromatic heterocycles. The highest BCUT2D eigenvalue weighted by Crippen LogP contribution is 2.20. The normalized spacial score (nSPS) is 10.4. The molecule has 1 amide bonds. The van der Waals surface area contributed by atoms with Crippen LogP contribution in [0.25, 0.3) is 0 Å². The van der Waals surface area contributed by atoms with Crippen LogP contribution in [0.4, 0.5) is 0 Å². The third kappa shape index (κ3) is 4.05. The summed E-state index contributed by atoms with van der Waals surface area (Å²) < 4.78 is 0. The number of carbonyl (C=O) groups is 1. The van der Waals surface area contributed by atoms with Crippen LogP contribution < -0.4 is 0 Å². The van der Waals surface area contributed by atoms with Crippen LogP contribution in [0.2, 0.25) is 0 Å². The Kier molecular flexibility index (Phi) is 6.27. The molecule has 0 N–H and O–H groups in total. The van der Waals surface area contributed by atoms with E-state index in [-0.39, 0.29) is 5.91 Å². The van der Waals surface area contributed by atoms with E-state index in [2.05, 4.69) is 19.9 Å². The Morgan fingerprint density at radius 3 is 2.28 bits per heavy atom. The molecule has 0 saturated carbocycles. The van der Waals surface area contributed by atoms with Crippen molar-refractivity contribution in [3.05, 3.63) is 29.3 Å². The first-order chi connectivity index (χ1) is 8.62. The third-order valence-corrected chi connectivity index (χ3v) is 3.51. The molecule has 1 aromatic carbocycles. The molecular formula is C15H23NOS. The summed E-state index contributed by atoms with van der Waals surface area (Å²) in [4.78, 5) is 15.6. The van der Waals surface area contributed by atoms with Gasteiger partial charge in [0.1, 0.15) is 0 Å². The summed E-state index contributed by atoms with van der Waals surface area (Å²) in [5.74, 6) is 0.165. The molecule has 3 heteroatoms. The monoisotopic (exact) mass is 265 g/mol. The van der Waals surface area contributed by atoms with Crippen LogP contribution in [0.1, 0.15) is 42.6 Å². The van der Waals surface area contributed by atoms with Crippen LogP contribution >= 0.6 is 11.8 Å². The largest absolute Gasteiger partial charge is 0.339 e. The van der Waals surface area contributed by atoms with Gasteiger partial charge in [0.05, 0.1) is 0 Å². The number of hydrogen-bond donors (Lipinski definition) is 0. The molecule has 0 aliphatic rings. The van der Waals surface area contributed by atoms with E-state index in [9.17, 15) is 4.79 Å². The summed E-state index contributed by atoms with van der Waals surface area (Å²) in [6, 6.07) is 6.10. The van der Waals surface area contributed by atoms with Crippen LogP contribution in [-0.2, 0) is 0 Å². The molecule has 0 spiro atoms. The summed E-state index contributed by atoms with van der Waals surface area (Å²) in [7, 11) is 0. The summed E-state index contributed by atoms with van der Waals surface area (Å²) in [6.07, 6.45) is 4.05. The van der Waals surface area contributed by atoms with Crippen molar-refractivity contribution in [3.8, 4) is 0 Å². The van der Waals surface area contributed by atoms with Crippen molar-refractivity contribution in [2.75, 3.05) is 19.3 Å². The van der Waals surface area contributed by atoms with E-state index in [0.717, 1.165) is 42.0 Å². The SMILES string of the molecule is CCCN(CCC)C(=O)c1cc(C)cc(SC)c1. The Labute approximate surface area is 115 Å². The molecule has 100 valence electrons. The number of aryl methyl sites for hydroxylation is 1. The van der Waals surface area contributed by atoms with Crippen LogP contribution in [-0.4, -0.2) is 30.2 Å². The number of benzene rings is 1. The second-order valence-corrected chi connectivity index (χ2v) is 5.41. The smallest absolute Gasteiger partial charge is 0.253 e. The minimum absolute atomic E-state index is 0.165. The number of thioether (sulfide) groups is 1. The summed E-state index contributed by atoms with van der Waals surface area (Å²) in [5.41, 5.74) is 1.97. The summed E-state index contributed by atoms with van der Waals surface area (Å²) in [6.45, 7) is 7.95. The van der Waals surface area contributed by atoms with Gasteiger partial charge in [-0.3, -0.25) is 4.79 Å². The van der Waals surface area contributed by atoms with Crippen molar-refractivity contribution in [3.63, 3.8) is 0 Å². The molecule has 0 unspecified atom stereocenters. The number of amides is 1. The van der Waals surface area contributed by atoms with Gasteiger partial charge in [-0.2, -0.15) is 0 Å². The van der Waals surface area contributed by atoms with Gasteiger partial charge >= 0.3 is 0 Å². The molecule has 18 heavy (non-hydrogen) atoms. The molecule has 0 bridgehead atoms. The Morgan fingerprint density at radius 1 is 1.17 bits per heavy atom. The van der Waals surface area contributed by atoms with E-state index in [4.69, 9.17) is 0 Å². The van der Waals surface area contributed by atoms with E-state index in [1.54, 1.807) is 11.8 Å². The zero-order chi connectivity index (χ0) is 13.5. The van der Waals surface area contributed by atoms with Gasteiger partial charge in [0.15, 0.2) is 0 Å². The zero-order valence-corrected chi connectivity index (χ0v) is 12.6. The molecule has 0 aliphatic heterocycles. The van der Waals surface area contributed by atoms with E-state index >= 15 is 0 Å². The quantitative estimate of drug-likeness (QED) is 0.725. The molecule has 0 atom stereocenters. The lowest BCUT2D eigenvalue weighted by Crippen LogP contribution is -2.32. The summed E-state index contributed by atoms with van der Waals surface area (Å²) in [5, 5.41) is 0. The van der Waals surface area contributed by atoms with Crippen molar-refractivity contribution in [2.45, 2.75) is 38.5 Å². The van der Waals surface area contributed by atoms with Crippen molar-refractivity contribution >= 4 is 17.7 Å². The fourth-order valence-corrected chi connectivity index (χ4v) is 2.58. The first kappa shape index (κ1) is 15.1. The zero-order valence-electron chi connectivity index (χ0n) is 11.8. The Morgan fingerprint density at radius 2 is 1.78 bits per heavy atom. The van der Waals surface area contributed by atoms with E-state index in [1.807, 2.05) is 30.2 Å². The van der Waals surface area contributed by atoms with E-state index in [1.165, 1.54) is 0 Å². The van der Waals surface area contributed by atoms with Gasteiger partial charge in [-0.1, -0.05) is 13.8 Å². The Bertz CT molecular complexity index is 397. The van der Waals surface area contributed by atoms with Gasteiger partial charge in [-0.25, -0.2) is 0 Å². The van der Waals surface area contributed by atoms with Gasteiger partial charge in [-0.05, 0) is 49.8 Å². The maximum atomic E-state index is 12.5. The second kappa shape index (κ2) is 7.47. The van der Waals surface area contributed by atoms with E-state index in [0.29, 0.717) is 0 Å². The number of nitrogens with zero attached hydrogens (tertiary/aromatic N) is 1. The van der Waals surface area contributed by atoms with Crippen molar-refractivity contribution in [2.24, 2.45) is 0 Å². The molecule has 2 nitrogen and oxygen atoms in total. The molecule has 0 radical (unpaired) electrons. The van der Waals surface area contributed by atoms with Crippen molar-refractivity contribution in [1.82, 2.24) is 4.90 Å². The fourth-order valence-electron chi connectivity index (χ4n) is 2.03. The highest BCUT2D eigenvalue weighted by molar-refractivity contribution is 7.98. The lowest BCUT2D eigenvalue weighted by Gasteiger charge is -2.22. The topological polar surface area (TPSA) is 20.3 Å². The summed E-state index contributed by atoms with van der Waals surface area (Å²) >= 11 is 1.68. The third-order valence-electron chi connectivity index (χ3n) is 2.81. The maximum absolute atomic E-state index is 12.5. The predicted molar refractivity (Wildman–Crippen MR) is 79.4 cm³/mol. The highest BCUT2D eigenvalue weighted by atomic mass is 32.2. The van der Waals surface area contributed by atoms with Crippen molar-refractivity contribution in [1.29, 1.82) is 0 Å². The van der Waals surface area contributed by atoms with Crippen LogP contribution in [0, 0.1) is 6.92 Å². The second-order valence-electron chi connectivity index (χ2n) is 4.53. The maximum Gasteiger partial charge on any atom is 0.253 e. The van der Waals surface area contributed by atoms with Crippen LogP contribution in [0.3, 0.4) is 0 Å². The van der Waals surface area contributed by atoms with Gasteiger partial charge in [-0.15, -0.1) is 11.8 Å². The van der Waals surface area contributed by atoms with Crippen LogP contribution in [0.5, 0.6) is 0 Å². The molecule has 0 heterocycles. The number of rotatable bonds is 6. The molecule has 0 fully saturated rings. The number of hydrogen-bond acceptors (Lipinski definition) is 2. The van der Waals surface area contributed by atoms with Crippen molar-refractivity contribution < 1.29 is 4.79 Å². The fraction of sp³-hybridized carbons (Fsp3) is 0.533. The Balaban J connectivity index is 2.96. The van der Waals surface area contributed by atoms with Gasteiger partial charge in [0.25, 0.3) is 5.91 Å². The Hall–Kier alpha value is -0.960. The average molecular weight is 265 g/mol. The molecule has 0 saturated heterocycles. The van der Waals surface area contributed by atoms with Gasteiger partial charge in [0.2, 0.25) is 0 Å². The first-order valence-corrected chi connectivity index (χ1v) is 7.79. The van der Waals surface area contributed by atoms with Gasteiger partial charge in [0, 0.05) is 23.5 Å². The minimum Gasteiger partial charge on any atom is -0.339 e. The minimum atomic E-state index is 0.165. The molecule has 0 aliphatic carbocycles. The predicted octanol–water partition coefficient (Wildman–Crippen LogP) is 3.98. The first-order valence-electron chi connectivity index (χ1n) is 6.57. The molecular weight excluding hydrogens is 242 g/mol. The lowest BCUT2D eigenvalue weighted by atomic mass is 10.1. The van der Waals surface area contributed by atoms with Gasteiger partial charge < -0.3 is 4.90 Å². The highest BCUT2D eigenvalue weighted by Gasteiger charge is 2.14.